The number of fused-ring (bicyclic) bond motifs is 1. The zero-order valence-corrected chi connectivity index (χ0v) is 20.0. The molecule has 5 aromatic rings. The Morgan fingerprint density at radius 1 is 1.08 bits per heavy atom. The molecule has 1 aromatic carbocycles. The number of nitrogens with zero attached hydrogens (tertiary/aromatic N) is 7. The summed E-state index contributed by atoms with van der Waals surface area (Å²) in [4.78, 5) is 30.0. The average Bonchev–Trinajstić information content (AvgIpc) is 3.24. The van der Waals surface area contributed by atoms with E-state index in [4.69, 9.17) is 11.5 Å². The van der Waals surface area contributed by atoms with Crippen LogP contribution in [0.2, 0.25) is 0 Å². The standard InChI is InChI=1S/C25H21F2N9O2/c1-13(17-8-4-5-9-30-17)35(25(37)38)21-22(28)32-24(33-23(21)29)36-19-11-15(26)12-31-20(19)18(34-36)10-14-6-2-3-7-16(14)27/h2-9,11-13H,10H2,1H3,(H,37,38)(H4,28,29,32,33). The molecule has 0 spiro atoms. The highest BCUT2D eigenvalue weighted by Gasteiger charge is 2.30. The third-order valence-electron chi connectivity index (χ3n) is 5.94. The average molecular weight is 518 g/mol. The number of carbonyl (C=O) groups is 1. The number of halogens is 2. The van der Waals surface area contributed by atoms with E-state index in [9.17, 15) is 18.7 Å². The molecule has 0 saturated carbocycles. The van der Waals surface area contributed by atoms with E-state index in [1.165, 1.54) is 23.0 Å². The Morgan fingerprint density at radius 3 is 2.45 bits per heavy atom. The topological polar surface area (TPSA) is 162 Å². The summed E-state index contributed by atoms with van der Waals surface area (Å²) in [7, 11) is 0. The van der Waals surface area contributed by atoms with E-state index in [0.717, 1.165) is 11.1 Å². The summed E-state index contributed by atoms with van der Waals surface area (Å²) in [6, 6.07) is 11.7. The van der Waals surface area contributed by atoms with Crippen molar-refractivity contribution in [2.24, 2.45) is 0 Å². The second kappa shape index (κ2) is 9.69. The minimum Gasteiger partial charge on any atom is -0.465 e. The maximum Gasteiger partial charge on any atom is 0.412 e. The first-order valence-corrected chi connectivity index (χ1v) is 11.4. The van der Waals surface area contributed by atoms with E-state index in [2.05, 4.69) is 25.0 Å². The molecule has 0 bridgehead atoms. The van der Waals surface area contributed by atoms with E-state index in [1.54, 1.807) is 43.3 Å². The van der Waals surface area contributed by atoms with Gasteiger partial charge in [-0.15, -0.1) is 0 Å². The minimum absolute atomic E-state index is 0.0617. The number of anilines is 3. The summed E-state index contributed by atoms with van der Waals surface area (Å²) < 4.78 is 29.7. The Bertz CT molecular complexity index is 1640. The van der Waals surface area contributed by atoms with Crippen molar-refractivity contribution in [3.05, 3.63) is 89.5 Å². The van der Waals surface area contributed by atoms with Crippen molar-refractivity contribution in [3.63, 3.8) is 0 Å². The molecule has 5 rings (SSSR count). The monoisotopic (exact) mass is 517 g/mol. The van der Waals surface area contributed by atoms with Crippen LogP contribution in [0, 0.1) is 11.6 Å². The van der Waals surface area contributed by atoms with Gasteiger partial charge in [-0.1, -0.05) is 24.3 Å². The number of rotatable bonds is 6. The summed E-state index contributed by atoms with van der Waals surface area (Å²) >= 11 is 0. The summed E-state index contributed by atoms with van der Waals surface area (Å²) in [5.41, 5.74) is 13.9. The molecule has 0 fully saturated rings. The van der Waals surface area contributed by atoms with E-state index in [0.29, 0.717) is 22.5 Å². The number of pyridine rings is 2. The number of carboxylic acid groups (broad SMARTS) is 1. The molecule has 4 aromatic heterocycles. The summed E-state index contributed by atoms with van der Waals surface area (Å²) in [6.07, 6.45) is 1.27. The molecule has 38 heavy (non-hydrogen) atoms. The highest BCUT2D eigenvalue weighted by atomic mass is 19.1. The van der Waals surface area contributed by atoms with Gasteiger partial charge in [0.1, 0.15) is 22.8 Å². The van der Waals surface area contributed by atoms with Crippen LogP contribution in [0.15, 0.2) is 60.9 Å². The fourth-order valence-corrected chi connectivity index (χ4v) is 4.16. The summed E-state index contributed by atoms with van der Waals surface area (Å²) in [6.45, 7) is 1.62. The highest BCUT2D eigenvalue weighted by molar-refractivity contribution is 5.94. The molecule has 0 saturated heterocycles. The van der Waals surface area contributed by atoms with Crippen LogP contribution in [0.3, 0.4) is 0 Å². The van der Waals surface area contributed by atoms with E-state index >= 15 is 0 Å². The molecule has 1 unspecified atom stereocenters. The van der Waals surface area contributed by atoms with E-state index in [1.807, 2.05) is 0 Å². The molecule has 4 heterocycles. The quantitative estimate of drug-likeness (QED) is 0.303. The SMILES string of the molecule is CC(c1ccccn1)N(C(=O)O)c1c(N)nc(-n2nc(Cc3ccccc3F)c3ncc(F)cc32)nc1N. The summed E-state index contributed by atoms with van der Waals surface area (Å²) in [5, 5.41) is 14.4. The van der Waals surface area contributed by atoms with Gasteiger partial charge < -0.3 is 16.6 Å². The number of aromatic nitrogens is 6. The largest absolute Gasteiger partial charge is 0.465 e. The van der Waals surface area contributed by atoms with Crippen LogP contribution in [0.5, 0.6) is 0 Å². The Labute approximate surface area is 214 Å². The normalized spacial score (nSPS) is 12.0. The molecule has 0 aliphatic heterocycles. The van der Waals surface area contributed by atoms with Crippen LogP contribution in [0.1, 0.15) is 29.9 Å². The van der Waals surface area contributed by atoms with Crippen molar-refractivity contribution in [1.29, 1.82) is 0 Å². The molecule has 0 aliphatic rings. The third-order valence-corrected chi connectivity index (χ3v) is 5.94. The maximum atomic E-state index is 14.3. The zero-order valence-electron chi connectivity index (χ0n) is 20.0. The molecule has 13 heteroatoms. The van der Waals surface area contributed by atoms with Gasteiger partial charge in [0, 0.05) is 18.7 Å². The number of nitrogens with two attached hydrogens (primary N) is 2. The fourth-order valence-electron chi connectivity index (χ4n) is 4.16. The lowest BCUT2D eigenvalue weighted by atomic mass is 10.1. The van der Waals surface area contributed by atoms with Crippen LogP contribution in [-0.4, -0.2) is 40.9 Å². The molecule has 1 atom stereocenters. The van der Waals surface area contributed by atoms with Crippen LogP contribution in [0.4, 0.5) is 30.9 Å². The first-order chi connectivity index (χ1) is 18.2. The molecule has 0 aliphatic carbocycles. The van der Waals surface area contributed by atoms with Gasteiger partial charge in [0.2, 0.25) is 0 Å². The lowest BCUT2D eigenvalue weighted by molar-refractivity contribution is 0.199. The van der Waals surface area contributed by atoms with Crippen LogP contribution >= 0.6 is 0 Å². The fraction of sp³-hybridized carbons (Fsp3) is 0.120. The van der Waals surface area contributed by atoms with Gasteiger partial charge in [-0.05, 0) is 30.7 Å². The maximum absolute atomic E-state index is 14.3. The number of amides is 1. The molecule has 1 amide bonds. The molecular weight excluding hydrogens is 496 g/mol. The Hall–Kier alpha value is -5.20. The second-order valence-corrected chi connectivity index (χ2v) is 8.37. The highest BCUT2D eigenvalue weighted by Crippen LogP contribution is 2.35. The molecule has 0 radical (unpaired) electrons. The van der Waals surface area contributed by atoms with Crippen LogP contribution in [0.25, 0.3) is 17.0 Å². The number of hydrogen-bond acceptors (Lipinski definition) is 8. The van der Waals surface area contributed by atoms with Crippen LogP contribution in [-0.2, 0) is 6.42 Å². The predicted octanol–water partition coefficient (Wildman–Crippen LogP) is 3.88. The van der Waals surface area contributed by atoms with Crippen molar-refractivity contribution in [2.45, 2.75) is 19.4 Å². The van der Waals surface area contributed by atoms with Crippen molar-refractivity contribution >= 4 is 34.4 Å². The van der Waals surface area contributed by atoms with Gasteiger partial charge in [0.15, 0.2) is 11.6 Å². The Kier molecular flexibility index (Phi) is 6.24. The first kappa shape index (κ1) is 24.5. The lowest BCUT2D eigenvalue weighted by Crippen LogP contribution is -2.34. The van der Waals surface area contributed by atoms with Gasteiger partial charge in [0.25, 0.3) is 5.95 Å². The van der Waals surface area contributed by atoms with Gasteiger partial charge in [0.05, 0.1) is 29.1 Å². The van der Waals surface area contributed by atoms with Gasteiger partial charge in [-0.3, -0.25) is 9.88 Å². The first-order valence-electron chi connectivity index (χ1n) is 11.4. The summed E-state index contributed by atoms with van der Waals surface area (Å²) in [5.74, 6) is -1.71. The van der Waals surface area contributed by atoms with E-state index < -0.39 is 23.8 Å². The van der Waals surface area contributed by atoms with E-state index in [-0.39, 0.29) is 35.2 Å². The molecule has 11 nitrogen and oxygen atoms in total. The Morgan fingerprint density at radius 2 is 1.79 bits per heavy atom. The number of hydrogen-bond donors (Lipinski definition) is 3. The number of benzene rings is 1. The molecule has 192 valence electrons. The Balaban J connectivity index is 1.61. The second-order valence-electron chi connectivity index (χ2n) is 8.37. The van der Waals surface area contributed by atoms with Crippen molar-refractivity contribution in [3.8, 4) is 5.95 Å². The van der Waals surface area contributed by atoms with Crippen molar-refractivity contribution < 1.29 is 18.7 Å². The smallest absolute Gasteiger partial charge is 0.412 e. The van der Waals surface area contributed by atoms with Crippen LogP contribution < -0.4 is 16.4 Å². The molecule has 5 N–H and O–H groups in total. The van der Waals surface area contributed by atoms with Gasteiger partial charge in [-0.25, -0.2) is 18.6 Å². The van der Waals surface area contributed by atoms with Crippen molar-refractivity contribution in [2.75, 3.05) is 16.4 Å². The predicted molar refractivity (Wildman–Crippen MR) is 136 cm³/mol. The lowest BCUT2D eigenvalue weighted by Gasteiger charge is -2.27. The molecular formula is C25H21F2N9O2. The zero-order chi connectivity index (χ0) is 27.0. The van der Waals surface area contributed by atoms with Crippen molar-refractivity contribution in [1.82, 2.24) is 29.7 Å². The van der Waals surface area contributed by atoms with Gasteiger partial charge >= 0.3 is 6.09 Å². The minimum atomic E-state index is -1.35. The number of nitrogen functional groups attached to an aromatic ring is 2. The van der Waals surface area contributed by atoms with Gasteiger partial charge in [-0.2, -0.15) is 19.7 Å². The third kappa shape index (κ3) is 4.40.